The molecule has 0 unspecified atom stereocenters. The molecule has 0 saturated carbocycles. The molecule has 32 heavy (non-hydrogen) atoms. The van der Waals surface area contributed by atoms with Crippen LogP contribution in [0, 0.1) is 18.3 Å². The Morgan fingerprint density at radius 1 is 1.09 bits per heavy atom. The van der Waals surface area contributed by atoms with Crippen molar-refractivity contribution in [2.45, 2.75) is 32.9 Å². The lowest BCUT2D eigenvalue weighted by molar-refractivity contribution is 0.0736. The molecule has 0 fully saturated rings. The Hall–Kier alpha value is -4.09. The highest BCUT2D eigenvalue weighted by Gasteiger charge is 2.18. The largest absolute Gasteiger partial charge is 0.384 e. The summed E-state index contributed by atoms with van der Waals surface area (Å²) in [4.78, 5) is 8.93. The number of benzene rings is 1. The molecule has 0 aliphatic carbocycles. The molecule has 0 atom stereocenters. The molecule has 8 heteroatoms. The monoisotopic (exact) mass is 425 g/mol. The molecule has 0 spiro atoms. The van der Waals surface area contributed by atoms with Gasteiger partial charge in [-0.15, -0.1) is 5.10 Å². The smallest absolute Gasteiger partial charge is 0.131 e. The lowest BCUT2D eigenvalue weighted by atomic mass is 9.97. The topological polar surface area (TPSA) is 127 Å². The molecule has 0 bridgehead atoms. The Bertz CT molecular complexity index is 1330. The van der Waals surface area contributed by atoms with Crippen molar-refractivity contribution >= 4 is 5.82 Å². The molecule has 3 heterocycles. The van der Waals surface area contributed by atoms with Crippen LogP contribution in [0.2, 0.25) is 0 Å². The second-order valence-electron chi connectivity index (χ2n) is 8.13. The van der Waals surface area contributed by atoms with E-state index in [0.29, 0.717) is 35.0 Å². The van der Waals surface area contributed by atoms with Crippen molar-refractivity contribution in [2.75, 3.05) is 5.73 Å². The Labute approximate surface area is 186 Å². The van der Waals surface area contributed by atoms with Crippen molar-refractivity contribution in [3.05, 3.63) is 77.2 Å². The molecule has 8 nitrogen and oxygen atoms in total. The summed E-state index contributed by atoms with van der Waals surface area (Å²) in [7, 11) is 0. The number of nitrogens with two attached hydrogens (primary N) is 1. The summed E-state index contributed by atoms with van der Waals surface area (Å²) in [6.45, 7) is 5.71. The third kappa shape index (κ3) is 4.33. The van der Waals surface area contributed by atoms with Gasteiger partial charge in [-0.25, -0.2) is 9.67 Å². The van der Waals surface area contributed by atoms with Gasteiger partial charge in [-0.05, 0) is 67.8 Å². The number of anilines is 1. The molecule has 3 aromatic heterocycles. The van der Waals surface area contributed by atoms with Crippen LogP contribution in [0.15, 0.2) is 54.7 Å². The van der Waals surface area contributed by atoms with Gasteiger partial charge in [0, 0.05) is 0 Å². The van der Waals surface area contributed by atoms with Gasteiger partial charge < -0.3 is 10.8 Å². The van der Waals surface area contributed by atoms with Crippen molar-refractivity contribution in [1.82, 2.24) is 25.0 Å². The molecule has 0 amide bonds. The SMILES string of the molecule is Cc1c(C#N)cccc1-c1cc(N)nc(-c2cn(Cc3cccc(C(C)(C)O)n3)nn2)c1. The van der Waals surface area contributed by atoms with E-state index in [1.54, 1.807) is 42.9 Å². The molecule has 160 valence electrons. The van der Waals surface area contributed by atoms with Gasteiger partial charge in [0.2, 0.25) is 0 Å². The number of rotatable bonds is 5. The summed E-state index contributed by atoms with van der Waals surface area (Å²) in [5.74, 6) is 0.355. The highest BCUT2D eigenvalue weighted by molar-refractivity contribution is 5.75. The zero-order valence-corrected chi connectivity index (χ0v) is 18.1. The number of aliphatic hydroxyl groups is 1. The highest BCUT2D eigenvalue weighted by Crippen LogP contribution is 2.29. The van der Waals surface area contributed by atoms with Crippen LogP contribution < -0.4 is 5.73 Å². The van der Waals surface area contributed by atoms with E-state index in [9.17, 15) is 10.4 Å². The van der Waals surface area contributed by atoms with E-state index in [2.05, 4.69) is 26.3 Å². The summed E-state index contributed by atoms with van der Waals surface area (Å²) in [6, 6.07) is 17.0. The van der Waals surface area contributed by atoms with Gasteiger partial charge >= 0.3 is 0 Å². The number of hydrogen-bond donors (Lipinski definition) is 2. The highest BCUT2D eigenvalue weighted by atomic mass is 16.3. The summed E-state index contributed by atoms with van der Waals surface area (Å²) in [5.41, 5.74) is 10.8. The third-order valence-corrected chi connectivity index (χ3v) is 5.17. The van der Waals surface area contributed by atoms with E-state index in [1.165, 1.54) is 0 Å². The van der Waals surface area contributed by atoms with Gasteiger partial charge in [0.1, 0.15) is 17.1 Å². The number of nitrogens with zero attached hydrogens (tertiary/aromatic N) is 6. The van der Waals surface area contributed by atoms with Crippen LogP contribution in [0.1, 0.15) is 36.4 Å². The molecule has 4 aromatic rings. The molecular formula is C24H23N7O. The predicted octanol–water partition coefficient (Wildman–Crippen LogP) is 3.44. The third-order valence-electron chi connectivity index (χ3n) is 5.17. The molecule has 0 saturated heterocycles. The van der Waals surface area contributed by atoms with Crippen molar-refractivity contribution in [3.8, 4) is 28.6 Å². The van der Waals surface area contributed by atoms with E-state index < -0.39 is 5.60 Å². The normalized spacial score (nSPS) is 11.3. The number of nitrogen functional groups attached to an aromatic ring is 1. The number of pyridine rings is 2. The zero-order valence-electron chi connectivity index (χ0n) is 18.1. The summed E-state index contributed by atoms with van der Waals surface area (Å²) >= 11 is 0. The first kappa shape index (κ1) is 21.2. The fourth-order valence-corrected chi connectivity index (χ4v) is 3.48. The fourth-order valence-electron chi connectivity index (χ4n) is 3.48. The second kappa shape index (κ2) is 8.21. The van der Waals surface area contributed by atoms with Crippen molar-refractivity contribution in [1.29, 1.82) is 5.26 Å². The second-order valence-corrected chi connectivity index (χ2v) is 8.13. The molecule has 0 aliphatic rings. The average Bonchev–Trinajstić information content (AvgIpc) is 3.21. The minimum absolute atomic E-state index is 0.355. The summed E-state index contributed by atoms with van der Waals surface area (Å²) in [5, 5.41) is 28.0. The van der Waals surface area contributed by atoms with Crippen LogP contribution in [0.25, 0.3) is 22.5 Å². The number of hydrogen-bond acceptors (Lipinski definition) is 7. The van der Waals surface area contributed by atoms with Gasteiger partial charge in [-0.1, -0.05) is 23.4 Å². The summed E-state index contributed by atoms with van der Waals surface area (Å²) in [6.07, 6.45) is 1.78. The van der Waals surface area contributed by atoms with E-state index in [4.69, 9.17) is 5.73 Å². The van der Waals surface area contributed by atoms with E-state index in [-0.39, 0.29) is 0 Å². The average molecular weight is 425 g/mol. The van der Waals surface area contributed by atoms with Crippen LogP contribution in [0.4, 0.5) is 5.82 Å². The standard InChI is InChI=1S/C24H23N7O/c1-15-16(12-25)6-4-8-19(15)17-10-20(28-23(26)11-17)21-14-31(30-29-21)13-18-7-5-9-22(27-18)24(2,3)32/h4-11,14,32H,13H2,1-3H3,(H2,26,28). The van der Waals surface area contributed by atoms with Crippen LogP contribution >= 0.6 is 0 Å². The van der Waals surface area contributed by atoms with Crippen molar-refractivity contribution < 1.29 is 5.11 Å². The lowest BCUT2D eigenvalue weighted by Crippen LogP contribution is -2.18. The predicted molar refractivity (Wildman–Crippen MR) is 121 cm³/mol. The molecule has 1 aromatic carbocycles. The van der Waals surface area contributed by atoms with Gasteiger partial charge in [0.15, 0.2) is 0 Å². The number of nitriles is 1. The van der Waals surface area contributed by atoms with Crippen LogP contribution in [-0.4, -0.2) is 30.1 Å². The molecular weight excluding hydrogens is 402 g/mol. The minimum Gasteiger partial charge on any atom is -0.384 e. The van der Waals surface area contributed by atoms with E-state index >= 15 is 0 Å². The minimum atomic E-state index is -1.02. The lowest BCUT2D eigenvalue weighted by Gasteiger charge is -2.17. The van der Waals surface area contributed by atoms with Crippen LogP contribution in [0.5, 0.6) is 0 Å². The van der Waals surface area contributed by atoms with Gasteiger partial charge in [0.25, 0.3) is 0 Å². The van der Waals surface area contributed by atoms with Crippen molar-refractivity contribution in [3.63, 3.8) is 0 Å². The van der Waals surface area contributed by atoms with Gasteiger partial charge in [0.05, 0.1) is 41.5 Å². The van der Waals surface area contributed by atoms with E-state index in [0.717, 1.165) is 22.4 Å². The first-order valence-electron chi connectivity index (χ1n) is 10.1. The van der Waals surface area contributed by atoms with Crippen LogP contribution in [0.3, 0.4) is 0 Å². The Morgan fingerprint density at radius 3 is 2.62 bits per heavy atom. The van der Waals surface area contributed by atoms with Crippen molar-refractivity contribution in [2.24, 2.45) is 0 Å². The first-order chi connectivity index (χ1) is 15.2. The molecule has 0 aliphatic heterocycles. The summed E-state index contributed by atoms with van der Waals surface area (Å²) < 4.78 is 1.66. The number of aromatic nitrogens is 5. The first-order valence-corrected chi connectivity index (χ1v) is 10.1. The maximum absolute atomic E-state index is 10.2. The molecule has 0 radical (unpaired) electrons. The molecule has 3 N–H and O–H groups in total. The van der Waals surface area contributed by atoms with Crippen LogP contribution in [-0.2, 0) is 12.1 Å². The molecule has 4 rings (SSSR count). The zero-order chi connectivity index (χ0) is 22.9. The van der Waals surface area contributed by atoms with Gasteiger partial charge in [-0.2, -0.15) is 5.26 Å². The Kier molecular flexibility index (Phi) is 5.43. The Balaban J connectivity index is 1.65. The van der Waals surface area contributed by atoms with E-state index in [1.807, 2.05) is 37.3 Å². The van der Waals surface area contributed by atoms with Gasteiger partial charge in [-0.3, -0.25) is 4.98 Å². The Morgan fingerprint density at radius 2 is 1.88 bits per heavy atom. The quantitative estimate of drug-likeness (QED) is 0.501. The maximum atomic E-state index is 10.2. The maximum Gasteiger partial charge on any atom is 0.131 e. The fraction of sp³-hybridized carbons (Fsp3) is 0.208.